The Bertz CT molecular complexity index is 417. The third-order valence-electron chi connectivity index (χ3n) is 2.55. The highest BCUT2D eigenvalue weighted by atomic mass is 32.2. The van der Waals surface area contributed by atoms with Crippen molar-refractivity contribution in [2.75, 3.05) is 6.26 Å². The standard InChI is InChI=1S/C13H17NO3S/c1-3-12(15)14-11(8-13(16)17)9-4-6-10(18-2)7-5-9/h4-7,11H,3,8H2,1-2H3,(H,14,15)(H,16,17). The van der Waals surface area contributed by atoms with E-state index in [1.807, 2.05) is 30.5 Å². The average Bonchev–Trinajstić information content (AvgIpc) is 2.37. The molecule has 0 fully saturated rings. The van der Waals surface area contributed by atoms with Crippen LogP contribution in [0.5, 0.6) is 0 Å². The van der Waals surface area contributed by atoms with E-state index in [0.29, 0.717) is 6.42 Å². The molecule has 0 aromatic heterocycles. The van der Waals surface area contributed by atoms with Crippen LogP contribution in [0.15, 0.2) is 29.2 Å². The monoisotopic (exact) mass is 267 g/mol. The average molecular weight is 267 g/mol. The van der Waals surface area contributed by atoms with E-state index >= 15 is 0 Å². The van der Waals surface area contributed by atoms with E-state index in [1.165, 1.54) is 0 Å². The highest BCUT2D eigenvalue weighted by Crippen LogP contribution is 2.21. The number of aliphatic carboxylic acids is 1. The van der Waals surface area contributed by atoms with Gasteiger partial charge in [-0.25, -0.2) is 0 Å². The third kappa shape index (κ3) is 4.41. The predicted octanol–water partition coefficient (Wildman–Crippen LogP) is 2.45. The lowest BCUT2D eigenvalue weighted by atomic mass is 10.0. The summed E-state index contributed by atoms with van der Waals surface area (Å²) in [6.07, 6.45) is 2.21. The van der Waals surface area contributed by atoms with Crippen molar-refractivity contribution >= 4 is 23.6 Å². The van der Waals surface area contributed by atoms with Gasteiger partial charge in [-0.05, 0) is 24.0 Å². The van der Waals surface area contributed by atoms with Crippen LogP contribution in [-0.4, -0.2) is 23.2 Å². The first-order valence-electron chi connectivity index (χ1n) is 5.72. The zero-order chi connectivity index (χ0) is 13.5. The van der Waals surface area contributed by atoms with E-state index in [4.69, 9.17) is 5.11 Å². The Labute approximate surface area is 111 Å². The van der Waals surface area contributed by atoms with Gasteiger partial charge in [-0.15, -0.1) is 11.8 Å². The Morgan fingerprint density at radius 2 is 1.94 bits per heavy atom. The highest BCUT2D eigenvalue weighted by Gasteiger charge is 2.17. The highest BCUT2D eigenvalue weighted by molar-refractivity contribution is 7.98. The number of nitrogens with one attached hydrogen (secondary N) is 1. The molecule has 0 aliphatic heterocycles. The van der Waals surface area contributed by atoms with Crippen molar-refractivity contribution in [3.8, 4) is 0 Å². The van der Waals surface area contributed by atoms with Gasteiger partial charge in [-0.3, -0.25) is 9.59 Å². The minimum atomic E-state index is -0.926. The summed E-state index contributed by atoms with van der Waals surface area (Å²) in [6, 6.07) is 7.09. The van der Waals surface area contributed by atoms with Crippen molar-refractivity contribution in [3.63, 3.8) is 0 Å². The fraction of sp³-hybridized carbons (Fsp3) is 0.385. The van der Waals surface area contributed by atoms with Gasteiger partial charge in [0.2, 0.25) is 5.91 Å². The summed E-state index contributed by atoms with van der Waals surface area (Å²) in [4.78, 5) is 23.3. The number of rotatable bonds is 6. The number of benzene rings is 1. The fourth-order valence-electron chi connectivity index (χ4n) is 1.56. The Kier molecular flexibility index (Phi) is 5.71. The van der Waals surface area contributed by atoms with Crippen LogP contribution in [0, 0.1) is 0 Å². The maximum Gasteiger partial charge on any atom is 0.305 e. The molecular formula is C13H17NO3S. The summed E-state index contributed by atoms with van der Waals surface area (Å²) >= 11 is 1.62. The van der Waals surface area contributed by atoms with Crippen LogP contribution in [0.25, 0.3) is 0 Å². The summed E-state index contributed by atoms with van der Waals surface area (Å²) in [5.41, 5.74) is 0.817. The van der Waals surface area contributed by atoms with E-state index in [2.05, 4.69) is 5.32 Å². The van der Waals surface area contributed by atoms with E-state index < -0.39 is 12.0 Å². The molecule has 1 rings (SSSR count). The molecule has 5 heteroatoms. The second-order valence-corrected chi connectivity index (χ2v) is 4.72. The van der Waals surface area contributed by atoms with Gasteiger partial charge in [0.1, 0.15) is 0 Å². The molecule has 1 amide bonds. The Balaban J connectivity index is 2.86. The molecule has 0 radical (unpaired) electrons. The second kappa shape index (κ2) is 7.06. The van der Waals surface area contributed by atoms with E-state index in [9.17, 15) is 9.59 Å². The van der Waals surface area contributed by atoms with Gasteiger partial charge < -0.3 is 10.4 Å². The summed E-state index contributed by atoms with van der Waals surface area (Å²) < 4.78 is 0. The Morgan fingerprint density at radius 1 is 1.33 bits per heavy atom. The first kappa shape index (κ1) is 14.6. The van der Waals surface area contributed by atoms with Crippen LogP contribution in [0.3, 0.4) is 0 Å². The lowest BCUT2D eigenvalue weighted by molar-refractivity contribution is -0.137. The minimum Gasteiger partial charge on any atom is -0.481 e. The summed E-state index contributed by atoms with van der Waals surface area (Å²) in [7, 11) is 0. The normalized spacial score (nSPS) is 11.9. The maximum absolute atomic E-state index is 11.4. The lowest BCUT2D eigenvalue weighted by Crippen LogP contribution is -2.29. The van der Waals surface area contributed by atoms with Crippen LogP contribution in [0.1, 0.15) is 31.4 Å². The molecule has 18 heavy (non-hydrogen) atoms. The van der Waals surface area contributed by atoms with Gasteiger partial charge >= 0.3 is 5.97 Å². The molecule has 1 aromatic carbocycles. The largest absolute Gasteiger partial charge is 0.481 e. The first-order chi connectivity index (χ1) is 8.56. The van der Waals surface area contributed by atoms with Crippen molar-refractivity contribution in [3.05, 3.63) is 29.8 Å². The van der Waals surface area contributed by atoms with Crippen LogP contribution < -0.4 is 5.32 Å². The lowest BCUT2D eigenvalue weighted by Gasteiger charge is -2.17. The van der Waals surface area contributed by atoms with Crippen molar-refractivity contribution in [2.24, 2.45) is 0 Å². The van der Waals surface area contributed by atoms with Crippen LogP contribution in [0.2, 0.25) is 0 Å². The molecule has 4 nitrogen and oxygen atoms in total. The van der Waals surface area contributed by atoms with E-state index in [0.717, 1.165) is 10.5 Å². The number of carbonyl (C=O) groups excluding carboxylic acids is 1. The van der Waals surface area contributed by atoms with Crippen molar-refractivity contribution in [2.45, 2.75) is 30.7 Å². The molecule has 0 aliphatic carbocycles. The van der Waals surface area contributed by atoms with Gasteiger partial charge in [0.05, 0.1) is 12.5 Å². The fourth-order valence-corrected chi connectivity index (χ4v) is 1.97. The summed E-state index contributed by atoms with van der Waals surface area (Å²) in [5.74, 6) is -1.07. The maximum atomic E-state index is 11.4. The number of carboxylic acids is 1. The van der Waals surface area contributed by atoms with Gasteiger partial charge in [-0.2, -0.15) is 0 Å². The number of thioether (sulfide) groups is 1. The molecule has 98 valence electrons. The molecule has 2 N–H and O–H groups in total. The zero-order valence-electron chi connectivity index (χ0n) is 10.5. The quantitative estimate of drug-likeness (QED) is 0.777. The Hall–Kier alpha value is -1.49. The molecule has 1 aromatic rings. The Morgan fingerprint density at radius 3 is 2.39 bits per heavy atom. The SMILES string of the molecule is CCC(=O)NC(CC(=O)O)c1ccc(SC)cc1. The van der Waals surface area contributed by atoms with Gasteiger partial charge in [-0.1, -0.05) is 19.1 Å². The van der Waals surface area contributed by atoms with E-state index in [-0.39, 0.29) is 12.3 Å². The number of hydrogen-bond acceptors (Lipinski definition) is 3. The smallest absolute Gasteiger partial charge is 0.305 e. The van der Waals surface area contributed by atoms with Gasteiger partial charge in [0.25, 0.3) is 0 Å². The van der Waals surface area contributed by atoms with Crippen molar-refractivity contribution in [1.29, 1.82) is 0 Å². The van der Waals surface area contributed by atoms with Gasteiger partial charge in [0.15, 0.2) is 0 Å². The number of amides is 1. The molecule has 0 heterocycles. The predicted molar refractivity (Wildman–Crippen MR) is 71.7 cm³/mol. The molecule has 1 unspecified atom stereocenters. The molecule has 0 saturated carbocycles. The third-order valence-corrected chi connectivity index (χ3v) is 3.30. The number of carbonyl (C=O) groups is 2. The second-order valence-electron chi connectivity index (χ2n) is 3.84. The zero-order valence-corrected chi connectivity index (χ0v) is 11.3. The molecule has 0 bridgehead atoms. The van der Waals surface area contributed by atoms with Crippen molar-refractivity contribution < 1.29 is 14.7 Å². The van der Waals surface area contributed by atoms with E-state index in [1.54, 1.807) is 18.7 Å². The molecule has 0 spiro atoms. The molecule has 0 aliphatic rings. The van der Waals surface area contributed by atoms with Crippen LogP contribution >= 0.6 is 11.8 Å². The van der Waals surface area contributed by atoms with Crippen molar-refractivity contribution in [1.82, 2.24) is 5.32 Å². The molecular weight excluding hydrogens is 250 g/mol. The summed E-state index contributed by atoms with van der Waals surface area (Å²) in [5, 5.41) is 11.6. The van der Waals surface area contributed by atoms with Crippen LogP contribution in [0.4, 0.5) is 0 Å². The summed E-state index contributed by atoms with van der Waals surface area (Å²) in [6.45, 7) is 1.74. The van der Waals surface area contributed by atoms with Crippen LogP contribution in [-0.2, 0) is 9.59 Å². The topological polar surface area (TPSA) is 66.4 Å². The molecule has 0 saturated heterocycles. The number of carboxylic acid groups (broad SMARTS) is 1. The molecule has 1 atom stereocenters. The number of hydrogen-bond donors (Lipinski definition) is 2. The first-order valence-corrected chi connectivity index (χ1v) is 6.94. The minimum absolute atomic E-state index is 0.107. The van der Waals surface area contributed by atoms with Gasteiger partial charge in [0, 0.05) is 11.3 Å².